The number of benzene rings is 2. The highest BCUT2D eigenvalue weighted by Crippen LogP contribution is 2.45. The molecule has 1 atom stereocenters. The van der Waals surface area contributed by atoms with Crippen LogP contribution in [0.1, 0.15) is 22.2 Å². The Morgan fingerprint density at radius 3 is 2.38 bits per heavy atom. The van der Waals surface area contributed by atoms with Crippen LogP contribution in [0.15, 0.2) is 48.7 Å². The first-order chi connectivity index (χ1) is 15.5. The number of ether oxygens (including phenoxy) is 4. The number of rotatable bonds is 7. The normalized spacial score (nSPS) is 14.7. The Hall–Kier alpha value is -3.65. The molecule has 3 aromatic rings. The number of aromatic nitrogens is 1. The van der Waals surface area contributed by atoms with E-state index in [1.165, 1.54) is 7.11 Å². The number of anilines is 2. The zero-order valence-electron chi connectivity index (χ0n) is 18.0. The molecule has 1 N–H and O–H groups in total. The predicted molar refractivity (Wildman–Crippen MR) is 122 cm³/mol. The van der Waals surface area contributed by atoms with Crippen molar-refractivity contribution in [3.63, 3.8) is 0 Å². The third kappa shape index (κ3) is 3.62. The van der Waals surface area contributed by atoms with Crippen molar-refractivity contribution >= 4 is 28.9 Å². The lowest BCUT2D eigenvalue weighted by Crippen LogP contribution is -2.33. The molecule has 4 rings (SSSR count). The van der Waals surface area contributed by atoms with E-state index >= 15 is 0 Å². The Labute approximate surface area is 190 Å². The van der Waals surface area contributed by atoms with Crippen molar-refractivity contribution in [2.75, 3.05) is 38.7 Å². The average molecular weight is 456 g/mol. The van der Waals surface area contributed by atoms with Gasteiger partial charge in [-0.1, -0.05) is 11.6 Å². The van der Waals surface area contributed by atoms with Gasteiger partial charge >= 0.3 is 0 Å². The van der Waals surface area contributed by atoms with E-state index in [4.69, 9.17) is 30.5 Å². The van der Waals surface area contributed by atoms with E-state index in [1.807, 2.05) is 0 Å². The molecule has 9 heteroatoms. The molecule has 0 spiro atoms. The lowest BCUT2D eigenvalue weighted by Gasteiger charge is -2.29. The Bertz CT molecular complexity index is 1170. The van der Waals surface area contributed by atoms with E-state index in [0.29, 0.717) is 50.7 Å². The molecular formula is C23H22ClN3O5. The number of hydrogen-bond donors (Lipinski definition) is 1. The van der Waals surface area contributed by atoms with Crippen LogP contribution < -0.4 is 29.2 Å². The molecule has 0 aliphatic carbocycles. The summed E-state index contributed by atoms with van der Waals surface area (Å²) in [5, 5.41) is 3.71. The first-order valence-electron chi connectivity index (χ1n) is 9.71. The fourth-order valence-electron chi connectivity index (χ4n) is 3.67. The van der Waals surface area contributed by atoms with Crippen molar-refractivity contribution < 1.29 is 23.7 Å². The number of halogens is 1. The molecule has 1 amide bonds. The van der Waals surface area contributed by atoms with Gasteiger partial charge in [-0.25, -0.2) is 0 Å². The third-order valence-corrected chi connectivity index (χ3v) is 5.51. The Balaban J connectivity index is 1.87. The summed E-state index contributed by atoms with van der Waals surface area (Å²) in [7, 11) is 6.18. The summed E-state index contributed by atoms with van der Waals surface area (Å²) in [6, 6.07) is 12.1. The number of carbonyl (C=O) groups is 1. The summed E-state index contributed by atoms with van der Waals surface area (Å²) >= 11 is 6.54. The highest BCUT2D eigenvalue weighted by Gasteiger charge is 2.41. The Morgan fingerprint density at radius 2 is 1.69 bits per heavy atom. The number of hydrogen-bond acceptors (Lipinski definition) is 7. The van der Waals surface area contributed by atoms with Crippen LogP contribution in [0.3, 0.4) is 0 Å². The topological polar surface area (TPSA) is 82.2 Å². The molecule has 0 radical (unpaired) electrons. The number of amides is 1. The molecule has 32 heavy (non-hydrogen) atoms. The summed E-state index contributed by atoms with van der Waals surface area (Å²) in [5.41, 5.74) is 2.05. The molecular weight excluding hydrogens is 434 g/mol. The van der Waals surface area contributed by atoms with Crippen LogP contribution in [0.4, 0.5) is 11.4 Å². The minimum atomic E-state index is -0.681. The van der Waals surface area contributed by atoms with Crippen LogP contribution >= 0.6 is 11.6 Å². The number of nitrogens with zero attached hydrogens (tertiary/aromatic N) is 2. The van der Waals surface area contributed by atoms with E-state index in [-0.39, 0.29) is 5.91 Å². The lowest BCUT2D eigenvalue weighted by molar-refractivity contribution is 0.0992. The van der Waals surface area contributed by atoms with Crippen LogP contribution in [-0.4, -0.2) is 39.3 Å². The molecule has 8 nitrogen and oxygen atoms in total. The first-order valence-corrected chi connectivity index (χ1v) is 10.1. The first kappa shape index (κ1) is 21.6. The molecule has 166 valence electrons. The van der Waals surface area contributed by atoms with Gasteiger partial charge in [-0.05, 0) is 24.3 Å². The van der Waals surface area contributed by atoms with Crippen molar-refractivity contribution in [2.45, 2.75) is 6.17 Å². The Morgan fingerprint density at radius 1 is 0.938 bits per heavy atom. The standard InChI is InChI=1S/C23H22ClN3O5/c1-29-13-7-8-18(31-3)17(11-13)27-22(20-15(23(27)28)6-5-9-25-20)26-21-16(24)10-14(30-2)12-19(21)32-4/h5-12,22,26H,1-4H3/t22-/m0/s1. The average Bonchev–Trinajstić information content (AvgIpc) is 3.11. The monoisotopic (exact) mass is 455 g/mol. The maximum Gasteiger partial charge on any atom is 0.262 e. The van der Waals surface area contributed by atoms with Crippen LogP contribution in [0, 0.1) is 0 Å². The quantitative estimate of drug-likeness (QED) is 0.560. The van der Waals surface area contributed by atoms with E-state index in [1.54, 1.807) is 74.9 Å². The Kier molecular flexibility index (Phi) is 5.96. The highest BCUT2D eigenvalue weighted by atomic mass is 35.5. The fourth-order valence-corrected chi connectivity index (χ4v) is 3.92. The summed E-state index contributed by atoms with van der Waals surface area (Å²) in [6.07, 6.45) is 0.958. The number of nitrogens with one attached hydrogen (secondary N) is 1. The second kappa shape index (κ2) is 8.84. The van der Waals surface area contributed by atoms with Gasteiger partial charge in [-0.2, -0.15) is 0 Å². The maximum atomic E-state index is 13.5. The number of pyridine rings is 1. The molecule has 0 saturated heterocycles. The third-order valence-electron chi connectivity index (χ3n) is 5.21. The van der Waals surface area contributed by atoms with Gasteiger partial charge in [0.05, 0.1) is 56.1 Å². The van der Waals surface area contributed by atoms with E-state index in [0.717, 1.165) is 0 Å². The second-order valence-corrected chi connectivity index (χ2v) is 7.29. The van der Waals surface area contributed by atoms with Crippen molar-refractivity contribution in [1.82, 2.24) is 4.98 Å². The van der Waals surface area contributed by atoms with Gasteiger partial charge in [-0.15, -0.1) is 0 Å². The van der Waals surface area contributed by atoms with Gasteiger partial charge in [-0.3, -0.25) is 14.7 Å². The van der Waals surface area contributed by atoms with E-state index in [2.05, 4.69) is 10.3 Å². The van der Waals surface area contributed by atoms with Crippen molar-refractivity contribution in [2.24, 2.45) is 0 Å². The molecule has 0 bridgehead atoms. The van der Waals surface area contributed by atoms with Gasteiger partial charge in [0.25, 0.3) is 5.91 Å². The van der Waals surface area contributed by atoms with Crippen LogP contribution in [0.5, 0.6) is 23.0 Å². The van der Waals surface area contributed by atoms with Crippen LogP contribution in [-0.2, 0) is 0 Å². The van der Waals surface area contributed by atoms with Gasteiger partial charge in [0.2, 0.25) is 0 Å². The van der Waals surface area contributed by atoms with Gasteiger partial charge in [0, 0.05) is 24.4 Å². The van der Waals surface area contributed by atoms with Crippen LogP contribution in [0.25, 0.3) is 0 Å². The zero-order chi connectivity index (χ0) is 22.8. The summed E-state index contributed by atoms with van der Waals surface area (Å²) in [6.45, 7) is 0. The molecule has 1 aliphatic rings. The van der Waals surface area contributed by atoms with Gasteiger partial charge in [0.1, 0.15) is 23.0 Å². The van der Waals surface area contributed by atoms with Gasteiger partial charge in [0.15, 0.2) is 6.17 Å². The minimum absolute atomic E-state index is 0.235. The van der Waals surface area contributed by atoms with Gasteiger partial charge < -0.3 is 24.3 Å². The smallest absolute Gasteiger partial charge is 0.262 e. The van der Waals surface area contributed by atoms with Crippen LogP contribution in [0.2, 0.25) is 5.02 Å². The number of fused-ring (bicyclic) bond motifs is 1. The summed E-state index contributed by atoms with van der Waals surface area (Å²) in [5.74, 6) is 1.86. The molecule has 0 unspecified atom stereocenters. The number of methoxy groups -OCH3 is 4. The summed E-state index contributed by atoms with van der Waals surface area (Å²) in [4.78, 5) is 19.5. The van der Waals surface area contributed by atoms with E-state index in [9.17, 15) is 4.79 Å². The zero-order valence-corrected chi connectivity index (χ0v) is 18.8. The highest BCUT2D eigenvalue weighted by molar-refractivity contribution is 6.33. The number of carbonyl (C=O) groups excluding carboxylic acids is 1. The summed E-state index contributed by atoms with van der Waals surface area (Å²) < 4.78 is 21.7. The van der Waals surface area contributed by atoms with Crippen molar-refractivity contribution in [3.8, 4) is 23.0 Å². The lowest BCUT2D eigenvalue weighted by atomic mass is 10.2. The van der Waals surface area contributed by atoms with Crippen molar-refractivity contribution in [3.05, 3.63) is 64.9 Å². The molecule has 0 saturated carbocycles. The SMILES string of the molecule is COc1cc(Cl)c(N[C@@H]2c3ncccc3C(=O)N2c2cc(OC)ccc2OC)c(OC)c1. The fraction of sp³-hybridized carbons (Fsp3) is 0.217. The van der Waals surface area contributed by atoms with E-state index < -0.39 is 6.17 Å². The molecule has 2 heterocycles. The largest absolute Gasteiger partial charge is 0.497 e. The molecule has 1 aromatic heterocycles. The predicted octanol–water partition coefficient (Wildman–Crippen LogP) is 4.54. The molecule has 0 fully saturated rings. The second-order valence-electron chi connectivity index (χ2n) is 6.88. The van der Waals surface area contributed by atoms with Crippen molar-refractivity contribution in [1.29, 1.82) is 0 Å². The molecule has 2 aromatic carbocycles. The molecule has 1 aliphatic heterocycles. The minimum Gasteiger partial charge on any atom is -0.497 e. The maximum absolute atomic E-state index is 13.5.